The topological polar surface area (TPSA) is 58.4 Å². The van der Waals surface area contributed by atoms with E-state index in [1.54, 1.807) is 11.0 Å². The Balaban J connectivity index is 1.41. The molecule has 1 aromatic carbocycles. The molecule has 0 atom stereocenters. The monoisotopic (exact) mass is 454 g/mol. The second kappa shape index (κ2) is 8.63. The lowest BCUT2D eigenvalue weighted by Crippen LogP contribution is -2.50. The maximum Gasteiger partial charge on any atom is 0.421 e. The summed E-state index contributed by atoms with van der Waals surface area (Å²) in [7, 11) is 0. The fourth-order valence-corrected chi connectivity index (χ4v) is 3.94. The van der Waals surface area contributed by atoms with Gasteiger partial charge in [0.2, 0.25) is 5.91 Å². The van der Waals surface area contributed by atoms with Gasteiger partial charge in [-0.25, -0.2) is 4.68 Å². The minimum absolute atomic E-state index is 0.0712. The van der Waals surface area contributed by atoms with Gasteiger partial charge >= 0.3 is 6.18 Å². The quantitative estimate of drug-likeness (QED) is 0.696. The van der Waals surface area contributed by atoms with Gasteiger partial charge in [-0.1, -0.05) is 23.7 Å². The first kappa shape index (κ1) is 21.8. The number of halogens is 4. The molecule has 10 heteroatoms. The van der Waals surface area contributed by atoms with Crippen molar-refractivity contribution in [2.75, 3.05) is 26.2 Å². The van der Waals surface area contributed by atoms with Crippen molar-refractivity contribution >= 4 is 17.5 Å². The van der Waals surface area contributed by atoms with E-state index in [9.17, 15) is 22.8 Å². The molecule has 4 rings (SSSR count). The van der Waals surface area contributed by atoms with Gasteiger partial charge in [-0.15, -0.1) is 0 Å². The summed E-state index contributed by atoms with van der Waals surface area (Å²) in [6.45, 7) is 2.32. The van der Waals surface area contributed by atoms with E-state index in [1.807, 2.05) is 18.2 Å². The molecule has 0 N–H and O–H groups in total. The van der Waals surface area contributed by atoms with Crippen molar-refractivity contribution in [2.24, 2.45) is 0 Å². The van der Waals surface area contributed by atoms with Gasteiger partial charge in [0.25, 0.3) is 5.56 Å². The van der Waals surface area contributed by atoms with Crippen LogP contribution in [0.1, 0.15) is 35.6 Å². The molecule has 2 aromatic rings. The fraction of sp³-hybridized carbons (Fsp3) is 0.476. The molecule has 0 spiro atoms. The zero-order valence-corrected chi connectivity index (χ0v) is 17.5. The molecule has 1 saturated heterocycles. The number of alkyl halides is 3. The minimum Gasteiger partial charge on any atom is -0.339 e. The molecule has 2 fully saturated rings. The van der Waals surface area contributed by atoms with Crippen LogP contribution in [0.15, 0.2) is 35.1 Å². The highest BCUT2D eigenvalue weighted by Crippen LogP contribution is 2.40. The maximum absolute atomic E-state index is 13.3. The van der Waals surface area contributed by atoms with Gasteiger partial charge in [-0.2, -0.15) is 18.3 Å². The first-order valence-electron chi connectivity index (χ1n) is 10.1. The molecule has 2 aliphatic rings. The molecular weight excluding hydrogens is 433 g/mol. The number of hydrogen-bond acceptors (Lipinski definition) is 4. The largest absolute Gasteiger partial charge is 0.421 e. The average Bonchev–Trinajstić information content (AvgIpc) is 3.54. The van der Waals surface area contributed by atoms with E-state index >= 15 is 0 Å². The Morgan fingerprint density at radius 1 is 1.13 bits per heavy atom. The summed E-state index contributed by atoms with van der Waals surface area (Å²) in [6, 6.07) is 8.39. The summed E-state index contributed by atoms with van der Waals surface area (Å²) in [5, 5.41) is 4.72. The fourth-order valence-electron chi connectivity index (χ4n) is 3.73. The molecule has 31 heavy (non-hydrogen) atoms. The van der Waals surface area contributed by atoms with Crippen LogP contribution in [0, 0.1) is 0 Å². The van der Waals surface area contributed by atoms with Crippen LogP contribution in [0.25, 0.3) is 0 Å². The third-order valence-electron chi connectivity index (χ3n) is 5.60. The standard InChI is InChI=1S/C21H22ClF3N4O2/c22-16-3-1-2-14(10-16)12-27-6-8-28(9-7-27)19(30)13-29-20(31)17(21(23,24)25)11-18(26-29)15-4-5-15/h1-3,10-11,15H,4-9,12-13H2. The van der Waals surface area contributed by atoms with E-state index < -0.39 is 29.8 Å². The van der Waals surface area contributed by atoms with Crippen molar-refractivity contribution in [1.29, 1.82) is 0 Å². The van der Waals surface area contributed by atoms with Crippen LogP contribution in [-0.4, -0.2) is 51.7 Å². The molecule has 0 radical (unpaired) electrons. The number of nitrogens with zero attached hydrogens (tertiary/aromatic N) is 4. The number of carbonyl (C=O) groups is 1. The summed E-state index contributed by atoms with van der Waals surface area (Å²) < 4.78 is 40.5. The second-order valence-corrected chi connectivity index (χ2v) is 8.44. The first-order valence-corrected chi connectivity index (χ1v) is 10.5. The minimum atomic E-state index is -4.78. The molecule has 1 aliphatic heterocycles. The van der Waals surface area contributed by atoms with Crippen molar-refractivity contribution in [3.63, 3.8) is 0 Å². The summed E-state index contributed by atoms with van der Waals surface area (Å²) in [6.07, 6.45) is -3.30. The lowest BCUT2D eigenvalue weighted by Gasteiger charge is -2.34. The Bertz CT molecular complexity index is 1030. The van der Waals surface area contributed by atoms with Crippen LogP contribution >= 0.6 is 11.6 Å². The number of carbonyl (C=O) groups excluding carboxylic acids is 1. The molecule has 0 unspecified atom stereocenters. The van der Waals surface area contributed by atoms with Gasteiger partial charge in [0.15, 0.2) is 0 Å². The van der Waals surface area contributed by atoms with E-state index in [1.165, 1.54) is 0 Å². The predicted molar refractivity (Wildman–Crippen MR) is 109 cm³/mol. The van der Waals surface area contributed by atoms with Gasteiger partial charge in [-0.05, 0) is 36.6 Å². The molecule has 1 amide bonds. The lowest BCUT2D eigenvalue weighted by atomic mass is 10.2. The normalized spacial score (nSPS) is 17.7. The number of hydrogen-bond donors (Lipinski definition) is 0. The van der Waals surface area contributed by atoms with Gasteiger partial charge in [0.05, 0.1) is 5.69 Å². The Kier molecular flexibility index (Phi) is 6.07. The predicted octanol–water partition coefficient (Wildman–Crippen LogP) is 3.14. The lowest BCUT2D eigenvalue weighted by molar-refractivity contribution is -0.140. The van der Waals surface area contributed by atoms with Crippen molar-refractivity contribution < 1.29 is 18.0 Å². The first-order chi connectivity index (χ1) is 14.7. The summed E-state index contributed by atoms with van der Waals surface area (Å²) in [5.74, 6) is -0.476. The Morgan fingerprint density at radius 3 is 2.45 bits per heavy atom. The smallest absolute Gasteiger partial charge is 0.339 e. The summed E-state index contributed by atoms with van der Waals surface area (Å²) in [5.41, 5.74) is -1.24. The van der Waals surface area contributed by atoms with Crippen LogP contribution < -0.4 is 5.56 Å². The molecule has 6 nitrogen and oxygen atoms in total. The maximum atomic E-state index is 13.3. The van der Waals surface area contributed by atoms with Gasteiger partial charge < -0.3 is 4.90 Å². The molecule has 1 aromatic heterocycles. The van der Waals surface area contributed by atoms with Crippen molar-refractivity contribution in [3.8, 4) is 0 Å². The summed E-state index contributed by atoms with van der Waals surface area (Å²) in [4.78, 5) is 28.7. The van der Waals surface area contributed by atoms with E-state index in [2.05, 4.69) is 10.00 Å². The molecule has 1 aliphatic carbocycles. The van der Waals surface area contributed by atoms with E-state index in [0.717, 1.165) is 24.5 Å². The van der Waals surface area contributed by atoms with Crippen molar-refractivity contribution in [3.05, 3.63) is 62.5 Å². The van der Waals surface area contributed by atoms with Crippen LogP contribution in [0.4, 0.5) is 13.2 Å². The van der Waals surface area contributed by atoms with E-state index in [0.29, 0.717) is 42.4 Å². The zero-order valence-electron chi connectivity index (χ0n) is 16.7. The Labute approximate surface area is 182 Å². The van der Waals surface area contributed by atoms with Crippen molar-refractivity contribution in [2.45, 2.75) is 38.0 Å². The third kappa shape index (κ3) is 5.27. The number of rotatable bonds is 5. The average molecular weight is 455 g/mol. The molecule has 166 valence electrons. The molecule has 0 bridgehead atoms. The van der Waals surface area contributed by atoms with Crippen LogP contribution in [0.3, 0.4) is 0 Å². The Morgan fingerprint density at radius 2 is 1.84 bits per heavy atom. The third-order valence-corrected chi connectivity index (χ3v) is 5.83. The highest BCUT2D eigenvalue weighted by Gasteiger charge is 2.38. The van der Waals surface area contributed by atoms with Crippen LogP contribution in [-0.2, 0) is 24.1 Å². The number of amides is 1. The van der Waals surface area contributed by atoms with Crippen LogP contribution in [0.5, 0.6) is 0 Å². The van der Waals surface area contributed by atoms with E-state index in [-0.39, 0.29) is 11.6 Å². The van der Waals surface area contributed by atoms with Gasteiger partial charge in [-0.3, -0.25) is 14.5 Å². The molecular formula is C21H22ClF3N4O2. The number of piperazine rings is 1. The molecule has 2 heterocycles. The van der Waals surface area contributed by atoms with Gasteiger partial charge in [0, 0.05) is 43.7 Å². The zero-order chi connectivity index (χ0) is 22.2. The highest BCUT2D eigenvalue weighted by molar-refractivity contribution is 6.30. The van der Waals surface area contributed by atoms with Crippen molar-refractivity contribution in [1.82, 2.24) is 19.6 Å². The highest BCUT2D eigenvalue weighted by atomic mass is 35.5. The number of benzene rings is 1. The molecule has 1 saturated carbocycles. The Hall–Kier alpha value is -2.39. The SMILES string of the molecule is O=C(Cn1nc(C2CC2)cc(C(F)(F)F)c1=O)N1CCN(Cc2cccc(Cl)c2)CC1. The van der Waals surface area contributed by atoms with E-state index in [4.69, 9.17) is 11.6 Å². The van der Waals surface area contributed by atoms with Gasteiger partial charge in [0.1, 0.15) is 12.1 Å². The van der Waals surface area contributed by atoms with Crippen LogP contribution in [0.2, 0.25) is 5.02 Å². The number of aromatic nitrogens is 2. The second-order valence-electron chi connectivity index (χ2n) is 8.00. The summed E-state index contributed by atoms with van der Waals surface area (Å²) >= 11 is 6.02.